The summed E-state index contributed by atoms with van der Waals surface area (Å²) in [4.78, 5) is 19.0. The molecule has 0 aliphatic heterocycles. The van der Waals surface area contributed by atoms with Crippen LogP contribution in [0.4, 0.5) is 11.4 Å². The molecule has 4 heteroatoms. The van der Waals surface area contributed by atoms with Crippen molar-refractivity contribution in [2.24, 2.45) is 4.99 Å². The lowest BCUT2D eigenvalue weighted by atomic mass is 10.1. The highest BCUT2D eigenvalue weighted by molar-refractivity contribution is 9.10. The van der Waals surface area contributed by atoms with Crippen LogP contribution >= 0.6 is 15.9 Å². The number of carbonyl (C=O) groups is 1. The Bertz CT molecular complexity index is 1000. The van der Waals surface area contributed by atoms with E-state index in [-0.39, 0.29) is 5.78 Å². The fourth-order valence-electron chi connectivity index (χ4n) is 2.59. The Morgan fingerprint density at radius 2 is 1.61 bits per heavy atom. The molecule has 3 aromatic rings. The SMILES string of the molecule is CN(C)c1ccc(C=Nc2cccc(C(=O)/C=C/c3ccc(Br)cc3)c2)cc1. The molecule has 0 fully saturated rings. The predicted octanol–water partition coefficient (Wildman–Crippen LogP) is 6.16. The van der Waals surface area contributed by atoms with E-state index in [1.54, 1.807) is 24.4 Å². The molecule has 0 bridgehead atoms. The van der Waals surface area contributed by atoms with Crippen LogP contribution in [0.5, 0.6) is 0 Å². The highest BCUT2D eigenvalue weighted by atomic mass is 79.9. The lowest BCUT2D eigenvalue weighted by Gasteiger charge is -2.11. The third kappa shape index (κ3) is 5.51. The number of aliphatic imine (C=N–C) groups is 1. The number of hydrogen-bond donors (Lipinski definition) is 0. The van der Waals surface area contributed by atoms with Crippen LogP contribution in [0.3, 0.4) is 0 Å². The lowest BCUT2D eigenvalue weighted by Crippen LogP contribution is -2.08. The Kier molecular flexibility index (Phi) is 6.56. The zero-order chi connectivity index (χ0) is 19.9. The number of benzene rings is 3. The quantitative estimate of drug-likeness (QED) is 0.265. The highest BCUT2D eigenvalue weighted by Gasteiger charge is 2.02. The molecule has 140 valence electrons. The number of rotatable bonds is 6. The molecule has 0 unspecified atom stereocenters. The first-order valence-corrected chi connectivity index (χ1v) is 9.70. The molecular weight excluding hydrogens is 412 g/mol. The van der Waals surface area contributed by atoms with E-state index in [0.717, 1.165) is 27.0 Å². The first-order valence-electron chi connectivity index (χ1n) is 8.91. The Morgan fingerprint density at radius 1 is 0.929 bits per heavy atom. The van der Waals surface area contributed by atoms with Gasteiger partial charge in [-0.1, -0.05) is 58.4 Å². The van der Waals surface area contributed by atoms with E-state index >= 15 is 0 Å². The highest BCUT2D eigenvalue weighted by Crippen LogP contribution is 2.17. The molecule has 3 aromatic carbocycles. The van der Waals surface area contributed by atoms with Crippen LogP contribution in [0, 0.1) is 0 Å². The summed E-state index contributed by atoms with van der Waals surface area (Å²) in [5.74, 6) is -0.0460. The standard InChI is InChI=1S/C24H21BrN2O/c1-27(2)23-13-8-19(9-14-23)17-26-22-5-3-4-20(16-22)24(28)15-10-18-6-11-21(25)12-7-18/h3-17H,1-2H3/b15-10+,26-17?. The second kappa shape index (κ2) is 9.29. The molecule has 0 N–H and O–H groups in total. The van der Waals surface area contributed by atoms with Crippen molar-refractivity contribution < 1.29 is 4.79 Å². The summed E-state index contributed by atoms with van der Waals surface area (Å²) in [6.07, 6.45) is 5.21. The monoisotopic (exact) mass is 432 g/mol. The van der Waals surface area contributed by atoms with Gasteiger partial charge in [0.15, 0.2) is 5.78 Å². The van der Waals surface area contributed by atoms with Crippen LogP contribution in [-0.2, 0) is 0 Å². The molecule has 3 rings (SSSR count). The lowest BCUT2D eigenvalue weighted by molar-refractivity contribution is 0.104. The van der Waals surface area contributed by atoms with Crippen molar-refractivity contribution in [1.82, 2.24) is 0 Å². The smallest absolute Gasteiger partial charge is 0.185 e. The molecule has 28 heavy (non-hydrogen) atoms. The van der Waals surface area contributed by atoms with Crippen molar-refractivity contribution in [3.05, 3.63) is 100 Å². The maximum absolute atomic E-state index is 12.5. The maximum atomic E-state index is 12.5. The molecule has 0 saturated heterocycles. The van der Waals surface area contributed by atoms with Gasteiger partial charge in [-0.2, -0.15) is 0 Å². The van der Waals surface area contributed by atoms with E-state index in [0.29, 0.717) is 5.56 Å². The van der Waals surface area contributed by atoms with Crippen molar-refractivity contribution in [3.63, 3.8) is 0 Å². The summed E-state index contributed by atoms with van der Waals surface area (Å²) in [6, 6.07) is 23.3. The van der Waals surface area contributed by atoms with Gasteiger partial charge < -0.3 is 4.90 Å². The second-order valence-electron chi connectivity index (χ2n) is 6.54. The topological polar surface area (TPSA) is 32.7 Å². The molecule has 0 aliphatic rings. The van der Waals surface area contributed by atoms with Gasteiger partial charge in [-0.3, -0.25) is 9.79 Å². The average Bonchev–Trinajstić information content (AvgIpc) is 2.72. The van der Waals surface area contributed by atoms with Gasteiger partial charge in [0.05, 0.1) is 5.69 Å². The molecule has 0 spiro atoms. The average molecular weight is 433 g/mol. The number of ketones is 1. The molecule has 0 heterocycles. The summed E-state index contributed by atoms with van der Waals surface area (Å²) in [5.41, 5.74) is 4.50. The number of anilines is 1. The van der Waals surface area contributed by atoms with Crippen LogP contribution in [0.25, 0.3) is 6.08 Å². The Hall–Kier alpha value is -2.98. The minimum Gasteiger partial charge on any atom is -0.378 e. The summed E-state index contributed by atoms with van der Waals surface area (Å²) in [6.45, 7) is 0. The predicted molar refractivity (Wildman–Crippen MR) is 122 cm³/mol. The zero-order valence-electron chi connectivity index (χ0n) is 15.8. The van der Waals surface area contributed by atoms with Gasteiger partial charge in [0.2, 0.25) is 0 Å². The molecule has 0 aliphatic carbocycles. The van der Waals surface area contributed by atoms with Crippen LogP contribution in [0.1, 0.15) is 21.5 Å². The van der Waals surface area contributed by atoms with E-state index in [1.807, 2.05) is 80.8 Å². The number of nitrogens with zero attached hydrogens (tertiary/aromatic N) is 2. The summed E-state index contributed by atoms with van der Waals surface area (Å²) in [7, 11) is 4.02. The first-order chi connectivity index (χ1) is 13.5. The van der Waals surface area contributed by atoms with Crippen molar-refractivity contribution in [3.8, 4) is 0 Å². The number of carbonyl (C=O) groups excluding carboxylic acids is 1. The van der Waals surface area contributed by atoms with E-state index in [2.05, 4.69) is 25.8 Å². The summed E-state index contributed by atoms with van der Waals surface area (Å²) >= 11 is 3.40. The first kappa shape index (κ1) is 19.8. The largest absolute Gasteiger partial charge is 0.378 e. The van der Waals surface area contributed by atoms with Gasteiger partial charge in [0.25, 0.3) is 0 Å². The number of allylic oxidation sites excluding steroid dienone is 1. The van der Waals surface area contributed by atoms with Crippen LogP contribution < -0.4 is 4.90 Å². The second-order valence-corrected chi connectivity index (χ2v) is 7.46. The number of halogens is 1. The normalized spacial score (nSPS) is 11.2. The molecular formula is C24H21BrN2O. The van der Waals surface area contributed by atoms with Crippen LogP contribution in [0.15, 0.2) is 88.3 Å². The Morgan fingerprint density at radius 3 is 2.29 bits per heavy atom. The fraction of sp³-hybridized carbons (Fsp3) is 0.0833. The maximum Gasteiger partial charge on any atom is 0.185 e. The van der Waals surface area contributed by atoms with Crippen molar-refractivity contribution in [1.29, 1.82) is 0 Å². The molecule has 3 nitrogen and oxygen atoms in total. The van der Waals surface area contributed by atoms with E-state index in [4.69, 9.17) is 0 Å². The minimum absolute atomic E-state index is 0.0460. The molecule has 0 atom stereocenters. The molecule has 0 radical (unpaired) electrons. The zero-order valence-corrected chi connectivity index (χ0v) is 17.4. The molecule has 0 saturated carbocycles. The Balaban J connectivity index is 1.70. The molecule has 0 amide bonds. The summed E-state index contributed by atoms with van der Waals surface area (Å²) < 4.78 is 1.01. The van der Waals surface area contributed by atoms with E-state index in [9.17, 15) is 4.79 Å². The van der Waals surface area contributed by atoms with Gasteiger partial charge in [-0.15, -0.1) is 0 Å². The number of hydrogen-bond acceptors (Lipinski definition) is 3. The third-order valence-electron chi connectivity index (χ3n) is 4.20. The fourth-order valence-corrected chi connectivity index (χ4v) is 2.85. The van der Waals surface area contributed by atoms with Crippen molar-refractivity contribution in [2.75, 3.05) is 19.0 Å². The van der Waals surface area contributed by atoms with E-state index in [1.165, 1.54) is 0 Å². The minimum atomic E-state index is -0.0460. The van der Waals surface area contributed by atoms with Crippen molar-refractivity contribution in [2.45, 2.75) is 0 Å². The van der Waals surface area contributed by atoms with Gasteiger partial charge in [-0.05, 0) is 53.6 Å². The van der Waals surface area contributed by atoms with Crippen LogP contribution in [-0.4, -0.2) is 26.1 Å². The van der Waals surface area contributed by atoms with Gasteiger partial charge >= 0.3 is 0 Å². The molecule has 0 aromatic heterocycles. The van der Waals surface area contributed by atoms with Gasteiger partial charge in [0, 0.05) is 36.0 Å². The Labute approximate surface area is 174 Å². The summed E-state index contributed by atoms with van der Waals surface area (Å²) in [5, 5.41) is 0. The van der Waals surface area contributed by atoms with Gasteiger partial charge in [-0.25, -0.2) is 0 Å². The third-order valence-corrected chi connectivity index (χ3v) is 4.73. The van der Waals surface area contributed by atoms with E-state index < -0.39 is 0 Å². The van der Waals surface area contributed by atoms with Crippen LogP contribution in [0.2, 0.25) is 0 Å². The van der Waals surface area contributed by atoms with Crippen molar-refractivity contribution >= 4 is 45.4 Å². The van der Waals surface area contributed by atoms with Gasteiger partial charge in [0.1, 0.15) is 0 Å².